The first kappa shape index (κ1) is 21.4. The molecule has 2 N–H and O–H groups in total. The molecule has 0 aliphatic carbocycles. The van der Waals surface area contributed by atoms with Crippen molar-refractivity contribution in [2.45, 2.75) is 33.2 Å². The van der Waals surface area contributed by atoms with Crippen LogP contribution in [0.15, 0.2) is 42.5 Å². The first-order valence-corrected chi connectivity index (χ1v) is 9.30. The number of carbonyl (C=O) groups is 1. The molecule has 7 nitrogen and oxygen atoms in total. The van der Waals surface area contributed by atoms with Gasteiger partial charge in [0.1, 0.15) is 5.75 Å². The van der Waals surface area contributed by atoms with Crippen LogP contribution in [0.2, 0.25) is 0 Å². The van der Waals surface area contributed by atoms with Gasteiger partial charge < -0.3 is 15.4 Å². The first-order valence-electron chi connectivity index (χ1n) is 9.30. The van der Waals surface area contributed by atoms with Gasteiger partial charge in [0.05, 0.1) is 30.3 Å². The molecule has 2 aromatic rings. The van der Waals surface area contributed by atoms with Gasteiger partial charge in [-0.3, -0.25) is 14.9 Å². The minimum Gasteiger partial charge on any atom is -0.494 e. The van der Waals surface area contributed by atoms with E-state index >= 15 is 0 Å². The van der Waals surface area contributed by atoms with Gasteiger partial charge in [-0.25, -0.2) is 0 Å². The Morgan fingerprint density at radius 3 is 2.39 bits per heavy atom. The van der Waals surface area contributed by atoms with E-state index in [0.717, 1.165) is 12.0 Å². The van der Waals surface area contributed by atoms with E-state index in [0.29, 0.717) is 11.6 Å². The van der Waals surface area contributed by atoms with E-state index < -0.39 is 4.92 Å². The zero-order valence-electron chi connectivity index (χ0n) is 16.7. The highest BCUT2D eigenvalue weighted by atomic mass is 16.6. The molecule has 0 spiro atoms. The van der Waals surface area contributed by atoms with E-state index in [1.54, 1.807) is 0 Å². The van der Waals surface area contributed by atoms with Crippen LogP contribution in [0, 0.1) is 16.0 Å². The minimum atomic E-state index is -0.507. The minimum absolute atomic E-state index is 0.0374. The van der Waals surface area contributed by atoms with Crippen molar-refractivity contribution < 1.29 is 14.5 Å². The van der Waals surface area contributed by atoms with Crippen LogP contribution in [0.25, 0.3) is 0 Å². The number of nitrogens with zero attached hydrogens (tertiary/aromatic N) is 1. The van der Waals surface area contributed by atoms with Gasteiger partial charge in [0, 0.05) is 12.1 Å². The summed E-state index contributed by atoms with van der Waals surface area (Å²) in [7, 11) is 1.40. The number of hydrogen-bond acceptors (Lipinski definition) is 5. The van der Waals surface area contributed by atoms with E-state index in [1.807, 2.05) is 0 Å². The summed E-state index contributed by atoms with van der Waals surface area (Å²) in [5, 5.41) is 16.9. The Bertz CT molecular complexity index is 819. The number of aryl methyl sites for hydroxylation is 1. The quantitative estimate of drug-likeness (QED) is 0.501. The number of anilines is 1. The Kier molecular flexibility index (Phi) is 7.52. The van der Waals surface area contributed by atoms with Crippen LogP contribution in [0.5, 0.6) is 5.75 Å². The second-order valence-electron chi connectivity index (χ2n) is 6.89. The van der Waals surface area contributed by atoms with Crippen LogP contribution < -0.4 is 15.4 Å². The Morgan fingerprint density at radius 2 is 1.86 bits per heavy atom. The summed E-state index contributed by atoms with van der Waals surface area (Å²) in [4.78, 5) is 22.8. The molecule has 0 bridgehead atoms. The lowest BCUT2D eigenvalue weighted by molar-refractivity contribution is -0.384. The number of rotatable bonds is 9. The van der Waals surface area contributed by atoms with Gasteiger partial charge in [-0.1, -0.05) is 45.0 Å². The maximum absolute atomic E-state index is 12.4. The van der Waals surface area contributed by atoms with Crippen LogP contribution in [0.3, 0.4) is 0 Å². The van der Waals surface area contributed by atoms with Crippen LogP contribution in [0.4, 0.5) is 11.4 Å². The molecule has 0 heterocycles. The van der Waals surface area contributed by atoms with E-state index in [9.17, 15) is 14.9 Å². The molecule has 0 radical (unpaired) electrons. The fourth-order valence-electron chi connectivity index (χ4n) is 2.99. The highest BCUT2D eigenvalue weighted by Crippen LogP contribution is 2.29. The van der Waals surface area contributed by atoms with Crippen molar-refractivity contribution in [3.8, 4) is 5.75 Å². The number of amides is 1. The number of nitro benzene ring substituents is 1. The Labute approximate surface area is 165 Å². The van der Waals surface area contributed by atoms with Crippen molar-refractivity contribution >= 4 is 17.3 Å². The second kappa shape index (κ2) is 9.85. The maximum atomic E-state index is 12.4. The number of nitrogens with one attached hydrogen (secondary N) is 2. The Hall–Kier alpha value is -2.93. The maximum Gasteiger partial charge on any atom is 0.273 e. The van der Waals surface area contributed by atoms with Crippen molar-refractivity contribution in [2.24, 2.45) is 5.92 Å². The highest BCUT2D eigenvalue weighted by molar-refractivity contribution is 5.94. The number of carbonyl (C=O) groups excluding carboxylic acids is 1. The van der Waals surface area contributed by atoms with Crippen LogP contribution in [-0.4, -0.2) is 24.5 Å². The molecule has 0 saturated carbocycles. The van der Waals surface area contributed by atoms with Crippen molar-refractivity contribution in [2.75, 3.05) is 19.0 Å². The second-order valence-corrected chi connectivity index (χ2v) is 6.89. The molecule has 2 rings (SSSR count). The largest absolute Gasteiger partial charge is 0.494 e. The molecule has 0 aliphatic heterocycles. The Balaban J connectivity index is 2.04. The molecule has 0 aliphatic rings. The summed E-state index contributed by atoms with van der Waals surface area (Å²) in [6, 6.07) is 12.5. The van der Waals surface area contributed by atoms with Crippen molar-refractivity contribution in [3.63, 3.8) is 0 Å². The summed E-state index contributed by atoms with van der Waals surface area (Å²) >= 11 is 0. The smallest absolute Gasteiger partial charge is 0.273 e. The lowest BCUT2D eigenvalue weighted by Crippen LogP contribution is -2.33. The predicted octanol–water partition coefficient (Wildman–Crippen LogP) is 4.09. The fraction of sp³-hybridized carbons (Fsp3) is 0.381. The molecule has 150 valence electrons. The third-order valence-electron chi connectivity index (χ3n) is 4.57. The molecule has 1 atom stereocenters. The summed E-state index contributed by atoms with van der Waals surface area (Å²) < 4.78 is 5.15. The van der Waals surface area contributed by atoms with Crippen molar-refractivity contribution in [3.05, 3.63) is 63.7 Å². The number of non-ortho nitro benzene ring substituents is 1. The predicted molar refractivity (Wildman–Crippen MR) is 110 cm³/mol. The monoisotopic (exact) mass is 385 g/mol. The summed E-state index contributed by atoms with van der Waals surface area (Å²) in [5.74, 6) is 0.301. The van der Waals surface area contributed by atoms with Crippen LogP contribution in [-0.2, 0) is 11.2 Å². The van der Waals surface area contributed by atoms with Gasteiger partial charge >= 0.3 is 0 Å². The van der Waals surface area contributed by atoms with E-state index in [4.69, 9.17) is 4.74 Å². The van der Waals surface area contributed by atoms with Gasteiger partial charge in [0.25, 0.3) is 5.69 Å². The number of hydrogen-bond donors (Lipinski definition) is 2. The molecular formula is C21H27N3O4. The molecule has 7 heteroatoms. The van der Waals surface area contributed by atoms with E-state index in [-0.39, 0.29) is 29.9 Å². The molecule has 0 unspecified atom stereocenters. The third-order valence-corrected chi connectivity index (χ3v) is 4.57. The van der Waals surface area contributed by atoms with Gasteiger partial charge in [-0.05, 0) is 29.5 Å². The van der Waals surface area contributed by atoms with Gasteiger partial charge in [0.2, 0.25) is 5.91 Å². The average molecular weight is 385 g/mol. The number of methoxy groups -OCH3 is 1. The summed E-state index contributed by atoms with van der Waals surface area (Å²) in [6.07, 6.45) is 0.986. The van der Waals surface area contributed by atoms with E-state index in [1.165, 1.54) is 30.9 Å². The Morgan fingerprint density at radius 1 is 1.18 bits per heavy atom. The van der Waals surface area contributed by atoms with Gasteiger partial charge in [-0.15, -0.1) is 0 Å². The lowest BCUT2D eigenvalue weighted by atomic mass is 9.95. The summed E-state index contributed by atoms with van der Waals surface area (Å²) in [5.41, 5.74) is 2.71. The number of benzene rings is 2. The molecule has 0 saturated heterocycles. The van der Waals surface area contributed by atoms with E-state index in [2.05, 4.69) is 55.7 Å². The fourth-order valence-corrected chi connectivity index (χ4v) is 2.99. The number of nitro groups is 1. The topological polar surface area (TPSA) is 93.5 Å². The van der Waals surface area contributed by atoms with Crippen LogP contribution in [0.1, 0.15) is 37.9 Å². The molecule has 2 aromatic carbocycles. The molecular weight excluding hydrogens is 358 g/mol. The zero-order valence-corrected chi connectivity index (χ0v) is 16.7. The zero-order chi connectivity index (χ0) is 20.7. The molecule has 28 heavy (non-hydrogen) atoms. The third kappa shape index (κ3) is 5.53. The van der Waals surface area contributed by atoms with Crippen LogP contribution >= 0.6 is 0 Å². The molecule has 1 amide bonds. The average Bonchev–Trinajstić information content (AvgIpc) is 2.68. The standard InChI is InChI=1S/C21H27N3O4/c1-5-15-6-8-16(9-7-15)21(14(2)3)22-13-20(25)23-18-11-10-17(24(26)27)12-19(18)28-4/h6-12,14,21-22H,5,13H2,1-4H3,(H,23,25)/t21-/m0/s1. The normalized spacial score (nSPS) is 11.9. The van der Waals surface area contributed by atoms with Crippen molar-refractivity contribution in [1.29, 1.82) is 0 Å². The van der Waals surface area contributed by atoms with Gasteiger partial charge in [-0.2, -0.15) is 0 Å². The number of ether oxygens (including phenoxy) is 1. The van der Waals surface area contributed by atoms with Crippen molar-refractivity contribution in [1.82, 2.24) is 5.32 Å². The summed E-state index contributed by atoms with van der Waals surface area (Å²) in [6.45, 7) is 6.42. The highest BCUT2D eigenvalue weighted by Gasteiger charge is 2.18. The van der Waals surface area contributed by atoms with Gasteiger partial charge in [0.15, 0.2) is 0 Å². The SMILES string of the molecule is CCc1ccc([C@@H](NCC(=O)Nc2ccc([N+](=O)[O-])cc2OC)C(C)C)cc1. The lowest BCUT2D eigenvalue weighted by Gasteiger charge is -2.23. The first-order chi connectivity index (χ1) is 13.3. The molecule has 0 fully saturated rings. The molecule has 0 aromatic heterocycles.